The van der Waals surface area contributed by atoms with E-state index in [0.717, 1.165) is 0 Å². The topological polar surface area (TPSA) is 121 Å². The number of benzene rings is 2. The minimum absolute atomic E-state index is 0.0751. The van der Waals surface area contributed by atoms with Crippen molar-refractivity contribution in [1.82, 2.24) is 10.0 Å². The van der Waals surface area contributed by atoms with Crippen molar-refractivity contribution in [2.24, 2.45) is 0 Å². The highest BCUT2D eigenvalue weighted by Crippen LogP contribution is 2.14. The normalized spacial score (nSPS) is 12.0. The highest BCUT2D eigenvalue weighted by atomic mass is 32.2. The first-order valence-corrected chi connectivity index (χ1v) is 12.2. The number of nitrogens with one attached hydrogen (secondary N) is 3. The van der Waals surface area contributed by atoms with E-state index < -0.39 is 26.0 Å². The van der Waals surface area contributed by atoms with Gasteiger partial charge in [0.25, 0.3) is 5.91 Å². The third kappa shape index (κ3) is 6.84. The Bertz CT molecular complexity index is 1080. The summed E-state index contributed by atoms with van der Waals surface area (Å²) in [6, 6.07) is 12.2. The van der Waals surface area contributed by atoms with Gasteiger partial charge in [-0.15, -0.1) is 0 Å². The smallest absolute Gasteiger partial charge is 0.251 e. The molecule has 0 saturated heterocycles. The van der Waals surface area contributed by atoms with Crippen molar-refractivity contribution in [2.45, 2.75) is 38.3 Å². The average Bonchev–Trinajstić information content (AvgIpc) is 2.65. The lowest BCUT2D eigenvalue weighted by molar-refractivity contribution is 0.0951. The van der Waals surface area contributed by atoms with E-state index in [1.165, 1.54) is 25.1 Å². The summed E-state index contributed by atoms with van der Waals surface area (Å²) in [5.74, 6) is -0.481. The SMILES string of the molecule is CCS(=O)(=O)Nc1cccc(C(=O)NCc2cccc(S(=O)(=O)NC(C)C)c2)c1. The number of hydrogen-bond donors (Lipinski definition) is 3. The summed E-state index contributed by atoms with van der Waals surface area (Å²) in [7, 11) is -7.07. The first-order valence-electron chi connectivity index (χ1n) is 9.02. The Balaban J connectivity index is 2.09. The fourth-order valence-electron chi connectivity index (χ4n) is 2.46. The van der Waals surface area contributed by atoms with Gasteiger partial charge in [0.05, 0.1) is 10.6 Å². The zero-order chi connectivity index (χ0) is 21.7. The van der Waals surface area contributed by atoms with E-state index in [1.54, 1.807) is 44.2 Å². The molecule has 0 radical (unpaired) electrons. The van der Waals surface area contributed by atoms with Gasteiger partial charge in [-0.3, -0.25) is 9.52 Å². The molecule has 0 spiro atoms. The van der Waals surface area contributed by atoms with Crippen molar-refractivity contribution in [2.75, 3.05) is 10.5 Å². The number of amides is 1. The maximum atomic E-state index is 12.4. The molecular weight excluding hydrogens is 414 g/mol. The van der Waals surface area contributed by atoms with Gasteiger partial charge in [0.1, 0.15) is 0 Å². The Morgan fingerprint density at radius 3 is 2.34 bits per heavy atom. The summed E-state index contributed by atoms with van der Waals surface area (Å²) in [5, 5.41) is 2.71. The van der Waals surface area contributed by atoms with Gasteiger partial charge in [-0.1, -0.05) is 18.2 Å². The Morgan fingerprint density at radius 2 is 1.69 bits per heavy atom. The van der Waals surface area contributed by atoms with Crippen molar-refractivity contribution >= 4 is 31.6 Å². The first kappa shape index (κ1) is 22.9. The highest BCUT2D eigenvalue weighted by molar-refractivity contribution is 7.92. The largest absolute Gasteiger partial charge is 0.348 e. The molecule has 0 saturated carbocycles. The molecule has 2 aromatic rings. The quantitative estimate of drug-likeness (QED) is 0.552. The predicted octanol–water partition coefficient (Wildman–Crippen LogP) is 2.06. The molecule has 0 heterocycles. The van der Waals surface area contributed by atoms with Crippen LogP contribution in [0, 0.1) is 0 Å². The van der Waals surface area contributed by atoms with Crippen LogP contribution in [0.25, 0.3) is 0 Å². The van der Waals surface area contributed by atoms with Crippen LogP contribution in [0.4, 0.5) is 5.69 Å². The van der Waals surface area contributed by atoms with Crippen molar-refractivity contribution < 1.29 is 21.6 Å². The van der Waals surface area contributed by atoms with Crippen LogP contribution in [0.5, 0.6) is 0 Å². The molecule has 1 amide bonds. The second kappa shape index (κ2) is 9.38. The monoisotopic (exact) mass is 439 g/mol. The molecule has 0 unspecified atom stereocenters. The first-order chi connectivity index (χ1) is 13.5. The third-order valence-electron chi connectivity index (χ3n) is 3.83. The molecule has 29 heavy (non-hydrogen) atoms. The van der Waals surface area contributed by atoms with E-state index in [9.17, 15) is 21.6 Å². The van der Waals surface area contributed by atoms with Gasteiger partial charge in [0, 0.05) is 23.8 Å². The van der Waals surface area contributed by atoms with E-state index in [4.69, 9.17) is 0 Å². The summed E-state index contributed by atoms with van der Waals surface area (Å²) >= 11 is 0. The Morgan fingerprint density at radius 1 is 1.00 bits per heavy atom. The van der Waals surface area contributed by atoms with Crippen LogP contribution in [0.3, 0.4) is 0 Å². The molecule has 0 aliphatic heterocycles. The van der Waals surface area contributed by atoms with Crippen LogP contribution in [0.15, 0.2) is 53.4 Å². The lowest BCUT2D eigenvalue weighted by Gasteiger charge is -2.11. The fourth-order valence-corrected chi connectivity index (χ4v) is 4.41. The van der Waals surface area contributed by atoms with Gasteiger partial charge in [-0.05, 0) is 56.7 Å². The Labute approximate surface area is 171 Å². The van der Waals surface area contributed by atoms with Crippen LogP contribution in [-0.2, 0) is 26.6 Å². The van der Waals surface area contributed by atoms with Crippen LogP contribution in [0.1, 0.15) is 36.7 Å². The van der Waals surface area contributed by atoms with Crippen molar-refractivity contribution in [3.05, 3.63) is 59.7 Å². The minimum Gasteiger partial charge on any atom is -0.348 e. The number of hydrogen-bond acceptors (Lipinski definition) is 5. The predicted molar refractivity (Wildman–Crippen MR) is 113 cm³/mol. The van der Waals surface area contributed by atoms with Crippen LogP contribution < -0.4 is 14.8 Å². The lowest BCUT2D eigenvalue weighted by atomic mass is 10.2. The molecule has 8 nitrogen and oxygen atoms in total. The molecule has 3 N–H and O–H groups in total. The zero-order valence-electron chi connectivity index (χ0n) is 16.5. The number of rotatable bonds is 9. The molecule has 0 fully saturated rings. The molecular formula is C19H25N3O5S2. The molecule has 2 rings (SSSR count). The second-order valence-corrected chi connectivity index (χ2v) is 10.4. The van der Waals surface area contributed by atoms with E-state index in [1.807, 2.05) is 0 Å². The maximum absolute atomic E-state index is 12.4. The third-order valence-corrected chi connectivity index (χ3v) is 6.79. The molecule has 0 atom stereocenters. The van der Waals surface area contributed by atoms with Gasteiger partial charge in [0.15, 0.2) is 0 Å². The number of sulfonamides is 2. The van der Waals surface area contributed by atoms with E-state index in [2.05, 4.69) is 14.8 Å². The van der Waals surface area contributed by atoms with E-state index in [-0.39, 0.29) is 28.8 Å². The molecule has 158 valence electrons. The maximum Gasteiger partial charge on any atom is 0.251 e. The minimum atomic E-state index is -3.63. The van der Waals surface area contributed by atoms with Gasteiger partial charge >= 0.3 is 0 Å². The van der Waals surface area contributed by atoms with Crippen molar-refractivity contribution in [3.8, 4) is 0 Å². The van der Waals surface area contributed by atoms with E-state index in [0.29, 0.717) is 11.3 Å². The molecule has 0 aliphatic rings. The summed E-state index contributed by atoms with van der Waals surface area (Å²) in [6.07, 6.45) is 0. The average molecular weight is 440 g/mol. The molecule has 10 heteroatoms. The standard InChI is InChI=1S/C19H25N3O5S2/c1-4-28(24,25)22-17-9-6-8-16(12-17)19(23)20-13-15-7-5-10-18(11-15)29(26,27)21-14(2)3/h5-12,14,21-22H,4,13H2,1-3H3,(H,20,23). The summed E-state index contributed by atoms with van der Waals surface area (Å²) in [6.45, 7) is 5.10. The van der Waals surface area contributed by atoms with Crippen molar-refractivity contribution in [3.63, 3.8) is 0 Å². The van der Waals surface area contributed by atoms with Gasteiger partial charge < -0.3 is 5.32 Å². The van der Waals surface area contributed by atoms with Gasteiger partial charge in [-0.2, -0.15) is 0 Å². The number of carbonyl (C=O) groups excluding carboxylic acids is 1. The zero-order valence-corrected chi connectivity index (χ0v) is 18.1. The number of carbonyl (C=O) groups is 1. The summed E-state index contributed by atoms with van der Waals surface area (Å²) in [5.41, 5.74) is 1.20. The Hall–Kier alpha value is -2.43. The lowest BCUT2D eigenvalue weighted by Crippen LogP contribution is -2.30. The highest BCUT2D eigenvalue weighted by Gasteiger charge is 2.16. The van der Waals surface area contributed by atoms with Gasteiger partial charge in [-0.25, -0.2) is 21.6 Å². The van der Waals surface area contributed by atoms with E-state index >= 15 is 0 Å². The van der Waals surface area contributed by atoms with Crippen LogP contribution in [-0.4, -0.2) is 34.5 Å². The molecule has 0 bridgehead atoms. The van der Waals surface area contributed by atoms with Gasteiger partial charge in [0.2, 0.25) is 20.0 Å². The molecule has 0 aromatic heterocycles. The van der Waals surface area contributed by atoms with Crippen LogP contribution >= 0.6 is 0 Å². The summed E-state index contributed by atoms with van der Waals surface area (Å²) < 4.78 is 52.8. The molecule has 2 aromatic carbocycles. The fraction of sp³-hybridized carbons (Fsp3) is 0.316. The number of anilines is 1. The van der Waals surface area contributed by atoms with Crippen LogP contribution in [0.2, 0.25) is 0 Å². The second-order valence-electron chi connectivity index (χ2n) is 6.69. The van der Waals surface area contributed by atoms with Crippen molar-refractivity contribution in [1.29, 1.82) is 0 Å². The summed E-state index contributed by atoms with van der Waals surface area (Å²) in [4.78, 5) is 12.5. The molecule has 0 aliphatic carbocycles. The Kier molecular flexibility index (Phi) is 7.39.